The van der Waals surface area contributed by atoms with Gasteiger partial charge in [-0.15, -0.1) is 0 Å². The average molecular weight is 348 g/mol. The van der Waals surface area contributed by atoms with E-state index < -0.39 is 11.0 Å². The zero-order chi connectivity index (χ0) is 18.4. The van der Waals surface area contributed by atoms with Gasteiger partial charge in [0.05, 0.1) is 16.3 Å². The highest BCUT2D eigenvalue weighted by molar-refractivity contribution is 5.91. The molecule has 3 rings (SSSR count). The van der Waals surface area contributed by atoms with Gasteiger partial charge >= 0.3 is 6.03 Å². The normalized spacial score (nSPS) is 10.0. The van der Waals surface area contributed by atoms with Crippen LogP contribution in [0.5, 0.6) is 0 Å². The van der Waals surface area contributed by atoms with Gasteiger partial charge in [0.25, 0.3) is 5.69 Å². The zero-order valence-electron chi connectivity index (χ0n) is 13.7. The Balaban J connectivity index is 1.80. The van der Waals surface area contributed by atoms with Crippen molar-refractivity contribution in [3.8, 4) is 0 Å². The molecule has 0 aromatic heterocycles. The van der Waals surface area contributed by atoms with Gasteiger partial charge in [-0.2, -0.15) is 0 Å². The molecular formula is C19H16N4O3. The molecule has 0 unspecified atom stereocenters. The van der Waals surface area contributed by atoms with Crippen LogP contribution < -0.4 is 15.8 Å². The largest absolute Gasteiger partial charge is 0.338 e. The third-order valence-corrected chi connectivity index (χ3v) is 3.56. The van der Waals surface area contributed by atoms with Gasteiger partial charge in [-0.1, -0.05) is 42.5 Å². The van der Waals surface area contributed by atoms with Crippen molar-refractivity contribution in [2.24, 2.45) is 0 Å². The molecule has 0 aliphatic carbocycles. The van der Waals surface area contributed by atoms with Crippen molar-refractivity contribution < 1.29 is 9.72 Å². The van der Waals surface area contributed by atoms with Crippen molar-refractivity contribution in [2.75, 3.05) is 10.3 Å². The van der Waals surface area contributed by atoms with E-state index in [4.69, 9.17) is 0 Å². The molecule has 7 nitrogen and oxygen atoms in total. The third-order valence-electron chi connectivity index (χ3n) is 3.56. The van der Waals surface area contributed by atoms with Gasteiger partial charge in [0.1, 0.15) is 0 Å². The van der Waals surface area contributed by atoms with Gasteiger partial charge in [-0.05, 0) is 30.3 Å². The Labute approximate surface area is 150 Å². The van der Waals surface area contributed by atoms with Crippen LogP contribution in [-0.4, -0.2) is 11.0 Å². The lowest BCUT2D eigenvalue weighted by atomic mass is 10.2. The van der Waals surface area contributed by atoms with Gasteiger partial charge in [0.2, 0.25) is 0 Å². The van der Waals surface area contributed by atoms with Gasteiger partial charge < -0.3 is 5.32 Å². The summed E-state index contributed by atoms with van der Waals surface area (Å²) in [5.74, 6) is 0. The van der Waals surface area contributed by atoms with E-state index in [9.17, 15) is 14.9 Å². The minimum atomic E-state index is -0.516. The number of anilines is 3. The van der Waals surface area contributed by atoms with Crippen LogP contribution in [0.3, 0.4) is 0 Å². The van der Waals surface area contributed by atoms with E-state index in [1.54, 1.807) is 11.1 Å². The molecule has 0 radical (unpaired) electrons. The second-order valence-electron chi connectivity index (χ2n) is 5.38. The Morgan fingerprint density at radius 1 is 0.846 bits per heavy atom. The van der Waals surface area contributed by atoms with Crippen LogP contribution in [0.25, 0.3) is 0 Å². The first-order chi connectivity index (χ1) is 12.6. The lowest BCUT2D eigenvalue weighted by molar-refractivity contribution is -0.384. The molecule has 0 spiro atoms. The second-order valence-corrected chi connectivity index (χ2v) is 5.38. The number of nitro groups is 1. The Morgan fingerprint density at radius 3 is 1.96 bits per heavy atom. The number of rotatable bonds is 5. The summed E-state index contributed by atoms with van der Waals surface area (Å²) in [7, 11) is 0. The minimum absolute atomic E-state index is 0.0919. The number of nitro benzene ring substituents is 1. The van der Waals surface area contributed by atoms with Gasteiger partial charge in [-0.3, -0.25) is 15.1 Å². The van der Waals surface area contributed by atoms with Crippen LogP contribution in [-0.2, 0) is 0 Å². The predicted molar refractivity (Wildman–Crippen MR) is 100 cm³/mol. The van der Waals surface area contributed by atoms with E-state index in [-0.39, 0.29) is 5.69 Å². The lowest BCUT2D eigenvalue weighted by Gasteiger charge is -2.25. The quantitative estimate of drug-likeness (QED) is 0.526. The first-order valence-corrected chi connectivity index (χ1v) is 7.86. The van der Waals surface area contributed by atoms with Crippen LogP contribution in [0.1, 0.15) is 0 Å². The summed E-state index contributed by atoms with van der Waals surface area (Å²) >= 11 is 0. The smallest absolute Gasteiger partial charge is 0.306 e. The fraction of sp³-hybridized carbons (Fsp3) is 0. The first kappa shape index (κ1) is 17.0. The summed E-state index contributed by atoms with van der Waals surface area (Å²) in [5, 5.41) is 15.1. The van der Waals surface area contributed by atoms with Crippen molar-refractivity contribution in [1.82, 2.24) is 5.43 Å². The SMILES string of the molecule is O=C(Nc1cccc([N+](=O)[O-])c1)NN(c1ccccc1)c1ccccc1. The van der Waals surface area contributed by atoms with Crippen LogP contribution in [0.15, 0.2) is 84.9 Å². The number of hydrogen-bond acceptors (Lipinski definition) is 4. The fourth-order valence-corrected chi connectivity index (χ4v) is 2.39. The van der Waals surface area contributed by atoms with E-state index in [0.29, 0.717) is 5.69 Å². The molecule has 0 saturated carbocycles. The summed E-state index contributed by atoms with van der Waals surface area (Å²) < 4.78 is 0. The number of non-ortho nitro benzene ring substituents is 1. The summed E-state index contributed by atoms with van der Waals surface area (Å²) in [6, 6.07) is 23.9. The van der Waals surface area contributed by atoms with Crippen molar-refractivity contribution >= 4 is 28.8 Å². The summed E-state index contributed by atoms with van der Waals surface area (Å²) in [6.07, 6.45) is 0. The Morgan fingerprint density at radius 2 is 1.42 bits per heavy atom. The van der Waals surface area contributed by atoms with E-state index in [2.05, 4.69) is 10.7 Å². The number of para-hydroxylation sites is 2. The Kier molecular flexibility index (Phi) is 5.09. The van der Waals surface area contributed by atoms with E-state index >= 15 is 0 Å². The fourth-order valence-electron chi connectivity index (χ4n) is 2.39. The van der Waals surface area contributed by atoms with E-state index in [1.165, 1.54) is 18.2 Å². The molecule has 0 atom stereocenters. The number of urea groups is 1. The summed E-state index contributed by atoms with van der Waals surface area (Å²) in [4.78, 5) is 22.8. The standard InChI is InChI=1S/C19H16N4O3/c24-19(20-15-8-7-13-18(14-15)23(25)26)21-22(16-9-3-1-4-10-16)17-11-5-2-6-12-17/h1-14H,(H2,20,21,24). The first-order valence-electron chi connectivity index (χ1n) is 7.86. The Bertz CT molecular complexity index is 861. The number of hydrogen-bond donors (Lipinski definition) is 2. The second kappa shape index (κ2) is 7.80. The maximum absolute atomic E-state index is 12.4. The Hall–Kier alpha value is -3.87. The van der Waals surface area contributed by atoms with Crippen LogP contribution in [0.2, 0.25) is 0 Å². The number of nitrogens with one attached hydrogen (secondary N) is 2. The molecule has 0 aliphatic heterocycles. The van der Waals surface area contributed by atoms with E-state index in [0.717, 1.165) is 11.4 Å². The highest BCUT2D eigenvalue weighted by Crippen LogP contribution is 2.23. The number of hydrazine groups is 1. The van der Waals surface area contributed by atoms with E-state index in [1.807, 2.05) is 60.7 Å². The lowest BCUT2D eigenvalue weighted by Crippen LogP contribution is -2.41. The monoisotopic (exact) mass is 348 g/mol. The van der Waals surface area contributed by atoms with Crippen LogP contribution in [0, 0.1) is 10.1 Å². The third kappa shape index (κ3) is 4.15. The molecule has 2 N–H and O–H groups in total. The van der Waals surface area contributed by atoms with Crippen molar-refractivity contribution in [2.45, 2.75) is 0 Å². The summed E-state index contributed by atoms with van der Waals surface area (Å²) in [6.45, 7) is 0. The molecular weight excluding hydrogens is 332 g/mol. The molecule has 2 amide bonds. The van der Waals surface area contributed by atoms with Crippen LogP contribution >= 0.6 is 0 Å². The number of amides is 2. The molecule has 3 aromatic rings. The summed E-state index contributed by atoms with van der Waals surface area (Å²) in [5.41, 5.74) is 4.54. The molecule has 3 aromatic carbocycles. The van der Waals surface area contributed by atoms with Crippen molar-refractivity contribution in [1.29, 1.82) is 0 Å². The molecule has 7 heteroatoms. The van der Waals surface area contributed by atoms with Gasteiger partial charge in [0, 0.05) is 17.8 Å². The minimum Gasteiger partial charge on any atom is -0.306 e. The van der Waals surface area contributed by atoms with Gasteiger partial charge in [0.15, 0.2) is 0 Å². The number of carbonyl (C=O) groups excluding carboxylic acids is 1. The molecule has 0 saturated heterocycles. The van der Waals surface area contributed by atoms with Crippen LogP contribution in [0.4, 0.5) is 27.5 Å². The van der Waals surface area contributed by atoms with Gasteiger partial charge in [-0.25, -0.2) is 10.2 Å². The number of carbonyl (C=O) groups is 1. The number of benzene rings is 3. The molecule has 0 aliphatic rings. The molecule has 0 bridgehead atoms. The number of nitrogens with zero attached hydrogens (tertiary/aromatic N) is 2. The zero-order valence-corrected chi connectivity index (χ0v) is 13.7. The van der Waals surface area contributed by atoms with Crippen molar-refractivity contribution in [3.05, 3.63) is 95.0 Å². The molecule has 0 fully saturated rings. The molecule has 0 heterocycles. The predicted octanol–water partition coefficient (Wildman–Crippen LogP) is 4.47. The maximum atomic E-state index is 12.4. The molecule has 130 valence electrons. The molecule has 26 heavy (non-hydrogen) atoms. The topological polar surface area (TPSA) is 87.5 Å². The highest BCUT2D eigenvalue weighted by atomic mass is 16.6. The maximum Gasteiger partial charge on any atom is 0.338 e. The highest BCUT2D eigenvalue weighted by Gasteiger charge is 2.13. The van der Waals surface area contributed by atoms with Crippen molar-refractivity contribution in [3.63, 3.8) is 0 Å². The average Bonchev–Trinajstić information content (AvgIpc) is 2.67.